The van der Waals surface area contributed by atoms with Crippen molar-refractivity contribution < 1.29 is 9.86 Å². The molecule has 0 radical (unpaired) electrons. The average molecular weight is 213 g/mol. The monoisotopic (exact) mass is 213 g/mol. The predicted octanol–water partition coefficient (Wildman–Crippen LogP) is 1.32. The van der Waals surface area contributed by atoms with Crippen LogP contribution in [0, 0.1) is 11.1 Å². The third-order valence-corrected chi connectivity index (χ3v) is 4.58. The molecule has 1 heterocycles. The Kier molecular flexibility index (Phi) is 3.27. The van der Waals surface area contributed by atoms with Crippen molar-refractivity contribution in [3.8, 4) is 0 Å². The van der Waals surface area contributed by atoms with Gasteiger partial charge in [-0.05, 0) is 27.2 Å². The smallest absolute Gasteiger partial charge is 0.148 e. The lowest BCUT2D eigenvalue weighted by Gasteiger charge is -2.56. The first-order valence-corrected chi connectivity index (χ1v) is 5.89. The molecule has 3 nitrogen and oxygen atoms in total. The number of hydroxylamine groups is 2. The molecular weight excluding hydrogens is 190 g/mol. The van der Waals surface area contributed by atoms with Crippen LogP contribution in [0.3, 0.4) is 0 Å². The van der Waals surface area contributed by atoms with Gasteiger partial charge in [0.2, 0.25) is 0 Å². The van der Waals surface area contributed by atoms with E-state index in [2.05, 4.69) is 0 Å². The fourth-order valence-electron chi connectivity index (χ4n) is 2.61. The molecule has 88 valence electrons. The van der Waals surface area contributed by atoms with Crippen molar-refractivity contribution in [2.75, 3.05) is 0 Å². The van der Waals surface area contributed by atoms with Gasteiger partial charge in [-0.15, -0.1) is 0 Å². The van der Waals surface area contributed by atoms with Crippen molar-refractivity contribution in [1.29, 1.82) is 0 Å². The van der Waals surface area contributed by atoms with Gasteiger partial charge in [-0.25, -0.2) is 0 Å². The first-order valence-electron chi connectivity index (χ1n) is 5.89. The number of ketones is 1. The summed E-state index contributed by atoms with van der Waals surface area (Å²) in [7, 11) is 0. The van der Waals surface area contributed by atoms with Crippen molar-refractivity contribution in [3.05, 3.63) is 5.21 Å². The minimum absolute atomic E-state index is 0.116. The summed E-state index contributed by atoms with van der Waals surface area (Å²) in [4.78, 5) is 11.9. The van der Waals surface area contributed by atoms with Gasteiger partial charge in [-0.3, -0.25) is 4.79 Å². The molecule has 1 saturated heterocycles. The van der Waals surface area contributed by atoms with Gasteiger partial charge >= 0.3 is 0 Å². The van der Waals surface area contributed by atoms with Crippen LogP contribution in [0.1, 0.15) is 53.9 Å². The van der Waals surface area contributed by atoms with Gasteiger partial charge in [0, 0.05) is 6.42 Å². The van der Waals surface area contributed by atoms with Crippen LogP contribution in [0.5, 0.6) is 0 Å². The zero-order valence-electron chi connectivity index (χ0n) is 10.5. The van der Waals surface area contributed by atoms with Gasteiger partial charge in [0.25, 0.3) is 0 Å². The van der Waals surface area contributed by atoms with Gasteiger partial charge in [-0.1, -0.05) is 13.8 Å². The molecule has 4 unspecified atom stereocenters. The number of hydrogen-bond donors (Lipinski definition) is 1. The number of rotatable bonds is 2. The zero-order chi connectivity index (χ0) is 11.9. The van der Waals surface area contributed by atoms with Crippen LogP contribution in [0.25, 0.3) is 0 Å². The lowest BCUT2D eigenvalue weighted by molar-refractivity contribution is -0.959. The Hall–Kier alpha value is -0.410. The van der Waals surface area contributed by atoms with Gasteiger partial charge < -0.3 is 10.3 Å². The summed E-state index contributed by atoms with van der Waals surface area (Å²) in [5.41, 5.74) is -0.867. The number of carbonyl (C=O) groups excluding carboxylic acids is 1. The molecule has 1 aliphatic rings. The maximum atomic E-state index is 12.4. The van der Waals surface area contributed by atoms with Crippen LogP contribution in [0.2, 0.25) is 0 Å². The Bertz CT molecular complexity index is 266. The highest BCUT2D eigenvalue weighted by molar-refractivity contribution is 5.83. The van der Waals surface area contributed by atoms with Gasteiger partial charge in [0.1, 0.15) is 16.9 Å². The molecule has 0 amide bonds. The number of carbonyl (C=O) groups is 1. The molecule has 1 fully saturated rings. The van der Waals surface area contributed by atoms with Crippen LogP contribution < -0.4 is 5.06 Å². The second-order valence-electron chi connectivity index (χ2n) is 5.38. The Morgan fingerprint density at radius 2 is 1.93 bits per heavy atom. The summed E-state index contributed by atoms with van der Waals surface area (Å²) in [5, 5.41) is 12.7. The third-order valence-electron chi connectivity index (χ3n) is 4.58. The van der Waals surface area contributed by atoms with E-state index in [0.717, 1.165) is 12.8 Å². The molecule has 0 aromatic carbocycles. The normalized spacial score (nSPS) is 46.9. The molecule has 0 aliphatic carbocycles. The highest BCUT2D eigenvalue weighted by Crippen LogP contribution is 2.29. The highest BCUT2D eigenvalue weighted by Gasteiger charge is 2.52. The maximum Gasteiger partial charge on any atom is 0.148 e. The maximum absolute atomic E-state index is 12.4. The molecule has 0 aromatic rings. The SMILES string of the molecule is CCC1(C)CC(=O)C(C)C(C)(CC)[NH+]1[O-]. The van der Waals surface area contributed by atoms with Crippen molar-refractivity contribution in [2.24, 2.45) is 5.92 Å². The first kappa shape index (κ1) is 12.7. The summed E-state index contributed by atoms with van der Waals surface area (Å²) >= 11 is 0. The summed E-state index contributed by atoms with van der Waals surface area (Å²) in [6.45, 7) is 9.79. The number of piperidine rings is 1. The van der Waals surface area contributed by atoms with Crippen LogP contribution in [0.4, 0.5) is 0 Å². The van der Waals surface area contributed by atoms with Gasteiger partial charge in [0.05, 0.1) is 12.3 Å². The van der Waals surface area contributed by atoms with E-state index in [1.807, 2.05) is 34.6 Å². The van der Waals surface area contributed by atoms with Crippen LogP contribution in [-0.4, -0.2) is 16.9 Å². The van der Waals surface area contributed by atoms with E-state index in [1.54, 1.807) is 0 Å². The lowest BCUT2D eigenvalue weighted by Crippen LogP contribution is -3.25. The first-order chi connectivity index (χ1) is 6.81. The Labute approximate surface area is 92.4 Å². The molecule has 0 aromatic heterocycles. The van der Waals surface area contributed by atoms with E-state index < -0.39 is 11.1 Å². The molecule has 1 N–H and O–H groups in total. The minimum atomic E-state index is -0.444. The minimum Gasteiger partial charge on any atom is -0.633 e. The summed E-state index contributed by atoms with van der Waals surface area (Å²) in [6, 6.07) is 0. The van der Waals surface area contributed by atoms with Crippen molar-refractivity contribution >= 4 is 5.78 Å². The van der Waals surface area contributed by atoms with E-state index >= 15 is 0 Å². The topological polar surface area (TPSA) is 44.6 Å². The fraction of sp³-hybridized carbons (Fsp3) is 0.917. The number of quaternary nitrogens is 1. The van der Waals surface area contributed by atoms with E-state index in [4.69, 9.17) is 0 Å². The third kappa shape index (κ3) is 1.72. The van der Waals surface area contributed by atoms with Crippen molar-refractivity contribution in [2.45, 2.75) is 65.0 Å². The van der Waals surface area contributed by atoms with Crippen molar-refractivity contribution in [1.82, 2.24) is 0 Å². The number of Topliss-reactive ketones (excluding diaryl/α,β-unsaturated/α-hetero) is 1. The molecule has 3 heteroatoms. The second kappa shape index (κ2) is 3.87. The van der Waals surface area contributed by atoms with E-state index in [0.29, 0.717) is 6.42 Å². The summed E-state index contributed by atoms with van der Waals surface area (Å²) in [5.74, 6) is 0.137. The number of hydrogen-bond acceptors (Lipinski definition) is 2. The Morgan fingerprint density at radius 3 is 2.33 bits per heavy atom. The molecular formula is C12H23NO2. The van der Waals surface area contributed by atoms with Gasteiger partial charge in [0.15, 0.2) is 0 Å². The average Bonchev–Trinajstić information content (AvgIpc) is 2.23. The van der Waals surface area contributed by atoms with E-state index in [9.17, 15) is 10.0 Å². The van der Waals surface area contributed by atoms with Gasteiger partial charge in [-0.2, -0.15) is 0 Å². The molecule has 1 rings (SSSR count). The Balaban J connectivity index is 3.11. The van der Waals surface area contributed by atoms with E-state index in [-0.39, 0.29) is 16.8 Å². The standard InChI is InChI=1S/C12H23NO2/c1-6-11(4)8-10(14)9(3)12(5,7-2)13(11)15/h9,13H,6-8H2,1-5H3. The molecule has 0 saturated carbocycles. The second-order valence-corrected chi connectivity index (χ2v) is 5.38. The molecule has 1 aliphatic heterocycles. The quantitative estimate of drug-likeness (QED) is 0.703. The predicted molar refractivity (Wildman–Crippen MR) is 60.5 cm³/mol. The summed E-state index contributed by atoms with van der Waals surface area (Å²) < 4.78 is 0. The lowest BCUT2D eigenvalue weighted by atomic mass is 9.70. The summed E-state index contributed by atoms with van der Waals surface area (Å²) in [6.07, 6.45) is 1.95. The zero-order valence-corrected chi connectivity index (χ0v) is 10.5. The number of nitrogens with one attached hydrogen (secondary N) is 1. The molecule has 0 bridgehead atoms. The molecule has 4 atom stereocenters. The fourth-order valence-corrected chi connectivity index (χ4v) is 2.61. The largest absolute Gasteiger partial charge is 0.633 e. The molecule has 15 heavy (non-hydrogen) atoms. The Morgan fingerprint density at radius 1 is 1.40 bits per heavy atom. The molecule has 0 spiro atoms. The van der Waals surface area contributed by atoms with E-state index in [1.165, 1.54) is 0 Å². The van der Waals surface area contributed by atoms with Crippen molar-refractivity contribution in [3.63, 3.8) is 0 Å². The van der Waals surface area contributed by atoms with Crippen LogP contribution in [0.15, 0.2) is 0 Å². The van der Waals surface area contributed by atoms with Crippen LogP contribution in [-0.2, 0) is 4.79 Å². The van der Waals surface area contributed by atoms with Crippen LogP contribution >= 0.6 is 0 Å². The highest BCUT2D eigenvalue weighted by atomic mass is 16.5.